The van der Waals surface area contributed by atoms with Crippen molar-refractivity contribution in [3.05, 3.63) is 0 Å². The topological polar surface area (TPSA) is 54.4 Å². The van der Waals surface area contributed by atoms with Gasteiger partial charge >= 0.3 is 5.97 Å². The first-order valence-electron chi connectivity index (χ1n) is 4.26. The molecule has 3 heteroatoms. The number of unbranched alkanes of at least 4 members (excludes halogenated alkanes) is 1. The van der Waals surface area contributed by atoms with Crippen LogP contribution in [-0.4, -0.2) is 16.9 Å². The standard InChI is InChI=1S/C9H16O3/c1-7(9(11)12)5-3-4-6-8(2)10/h7H,3-6H2,1-2H3,(H,11,12). The third-order valence-corrected chi connectivity index (χ3v) is 1.84. The van der Waals surface area contributed by atoms with Crippen LogP contribution in [0.25, 0.3) is 0 Å². The molecular weight excluding hydrogens is 156 g/mol. The Bertz CT molecular complexity index is 163. The molecule has 0 aliphatic heterocycles. The highest BCUT2D eigenvalue weighted by Crippen LogP contribution is 2.09. The van der Waals surface area contributed by atoms with E-state index in [2.05, 4.69) is 0 Å². The molecule has 1 atom stereocenters. The van der Waals surface area contributed by atoms with Crippen LogP contribution in [0.3, 0.4) is 0 Å². The molecule has 1 N–H and O–H groups in total. The lowest BCUT2D eigenvalue weighted by atomic mass is 10.0. The van der Waals surface area contributed by atoms with Crippen LogP contribution >= 0.6 is 0 Å². The molecule has 0 heterocycles. The van der Waals surface area contributed by atoms with E-state index >= 15 is 0 Å². The van der Waals surface area contributed by atoms with Crippen molar-refractivity contribution in [1.82, 2.24) is 0 Å². The van der Waals surface area contributed by atoms with Crippen molar-refractivity contribution >= 4 is 11.8 Å². The van der Waals surface area contributed by atoms with Crippen LogP contribution in [-0.2, 0) is 9.59 Å². The lowest BCUT2D eigenvalue weighted by Gasteiger charge is -2.03. The third-order valence-electron chi connectivity index (χ3n) is 1.84. The number of carboxylic acid groups (broad SMARTS) is 1. The molecule has 0 aliphatic rings. The van der Waals surface area contributed by atoms with Crippen molar-refractivity contribution in [2.45, 2.75) is 39.5 Å². The summed E-state index contributed by atoms with van der Waals surface area (Å²) in [5.41, 5.74) is 0. The molecule has 0 spiro atoms. The van der Waals surface area contributed by atoms with E-state index in [0.717, 1.165) is 12.8 Å². The fourth-order valence-corrected chi connectivity index (χ4v) is 0.948. The van der Waals surface area contributed by atoms with Gasteiger partial charge in [0, 0.05) is 6.42 Å². The highest BCUT2D eigenvalue weighted by molar-refractivity contribution is 5.75. The molecule has 0 saturated carbocycles. The van der Waals surface area contributed by atoms with Gasteiger partial charge in [0.2, 0.25) is 0 Å². The van der Waals surface area contributed by atoms with E-state index in [1.165, 1.54) is 0 Å². The Morgan fingerprint density at radius 2 is 1.92 bits per heavy atom. The van der Waals surface area contributed by atoms with Crippen molar-refractivity contribution in [1.29, 1.82) is 0 Å². The van der Waals surface area contributed by atoms with Gasteiger partial charge in [0.15, 0.2) is 0 Å². The van der Waals surface area contributed by atoms with Gasteiger partial charge in [-0.2, -0.15) is 0 Å². The average molecular weight is 172 g/mol. The Balaban J connectivity index is 3.31. The van der Waals surface area contributed by atoms with Gasteiger partial charge in [-0.1, -0.05) is 13.3 Å². The molecule has 0 fully saturated rings. The molecule has 0 saturated heterocycles. The smallest absolute Gasteiger partial charge is 0.306 e. The van der Waals surface area contributed by atoms with Gasteiger partial charge in [0.25, 0.3) is 0 Å². The number of carbonyl (C=O) groups is 2. The quantitative estimate of drug-likeness (QED) is 0.622. The zero-order valence-electron chi connectivity index (χ0n) is 7.67. The van der Waals surface area contributed by atoms with E-state index in [0.29, 0.717) is 12.8 Å². The van der Waals surface area contributed by atoms with E-state index in [-0.39, 0.29) is 11.7 Å². The SMILES string of the molecule is CC(=O)CCCCC(C)C(=O)O. The Labute approximate surface area is 72.8 Å². The Morgan fingerprint density at radius 1 is 1.33 bits per heavy atom. The molecule has 70 valence electrons. The van der Waals surface area contributed by atoms with Crippen LogP contribution in [0.5, 0.6) is 0 Å². The number of carbonyl (C=O) groups excluding carboxylic acids is 1. The molecule has 0 aromatic carbocycles. The molecule has 0 aliphatic carbocycles. The Hall–Kier alpha value is -0.860. The Kier molecular flexibility index (Phi) is 5.34. The first-order chi connectivity index (χ1) is 5.54. The summed E-state index contributed by atoms with van der Waals surface area (Å²) in [6.45, 7) is 3.25. The highest BCUT2D eigenvalue weighted by Gasteiger charge is 2.09. The lowest BCUT2D eigenvalue weighted by Crippen LogP contribution is -2.09. The minimum Gasteiger partial charge on any atom is -0.481 e. The van der Waals surface area contributed by atoms with Gasteiger partial charge in [-0.3, -0.25) is 4.79 Å². The first kappa shape index (κ1) is 11.1. The van der Waals surface area contributed by atoms with Crippen LogP contribution < -0.4 is 0 Å². The molecule has 0 aromatic rings. The summed E-state index contributed by atoms with van der Waals surface area (Å²) in [6, 6.07) is 0. The summed E-state index contributed by atoms with van der Waals surface area (Å²) in [4.78, 5) is 20.9. The van der Waals surface area contributed by atoms with Crippen LogP contribution in [0.1, 0.15) is 39.5 Å². The van der Waals surface area contributed by atoms with Crippen LogP contribution in [0.2, 0.25) is 0 Å². The van der Waals surface area contributed by atoms with Crippen molar-refractivity contribution in [2.75, 3.05) is 0 Å². The minimum atomic E-state index is -0.752. The highest BCUT2D eigenvalue weighted by atomic mass is 16.4. The third kappa shape index (κ3) is 5.89. The summed E-state index contributed by atoms with van der Waals surface area (Å²) in [5.74, 6) is -0.854. The number of carboxylic acids is 1. The van der Waals surface area contributed by atoms with Crippen LogP contribution in [0.15, 0.2) is 0 Å². The van der Waals surface area contributed by atoms with Gasteiger partial charge in [0.1, 0.15) is 5.78 Å². The van der Waals surface area contributed by atoms with E-state index < -0.39 is 5.97 Å². The molecule has 12 heavy (non-hydrogen) atoms. The molecule has 1 unspecified atom stereocenters. The fourth-order valence-electron chi connectivity index (χ4n) is 0.948. The van der Waals surface area contributed by atoms with Crippen molar-refractivity contribution < 1.29 is 14.7 Å². The largest absolute Gasteiger partial charge is 0.481 e. The second-order valence-corrected chi connectivity index (χ2v) is 3.19. The second kappa shape index (κ2) is 5.75. The zero-order chi connectivity index (χ0) is 9.56. The van der Waals surface area contributed by atoms with Crippen molar-refractivity contribution in [2.24, 2.45) is 5.92 Å². The number of hydrogen-bond acceptors (Lipinski definition) is 2. The van der Waals surface area contributed by atoms with E-state index in [1.807, 2.05) is 0 Å². The monoisotopic (exact) mass is 172 g/mol. The van der Waals surface area contributed by atoms with E-state index in [4.69, 9.17) is 5.11 Å². The predicted molar refractivity (Wildman–Crippen MR) is 45.9 cm³/mol. The van der Waals surface area contributed by atoms with E-state index in [1.54, 1.807) is 13.8 Å². The molecular formula is C9H16O3. The van der Waals surface area contributed by atoms with Gasteiger partial charge in [-0.25, -0.2) is 0 Å². The predicted octanol–water partition coefficient (Wildman–Crippen LogP) is 1.86. The van der Waals surface area contributed by atoms with Gasteiger partial charge < -0.3 is 9.90 Å². The number of ketones is 1. The summed E-state index contributed by atoms with van der Waals surface area (Å²) in [6.07, 6.45) is 2.88. The molecule has 3 nitrogen and oxygen atoms in total. The molecule has 0 rings (SSSR count). The van der Waals surface area contributed by atoms with Gasteiger partial charge in [-0.05, 0) is 19.8 Å². The molecule has 0 radical (unpaired) electrons. The normalized spacial score (nSPS) is 12.5. The number of Topliss-reactive ketones (excluding diaryl/α,β-unsaturated/α-hetero) is 1. The number of aliphatic carboxylic acids is 1. The fraction of sp³-hybridized carbons (Fsp3) is 0.778. The zero-order valence-corrected chi connectivity index (χ0v) is 7.67. The first-order valence-corrected chi connectivity index (χ1v) is 4.26. The summed E-state index contributed by atoms with van der Waals surface area (Å²) in [7, 11) is 0. The van der Waals surface area contributed by atoms with Crippen LogP contribution in [0.4, 0.5) is 0 Å². The van der Waals surface area contributed by atoms with Gasteiger partial charge in [0.05, 0.1) is 5.92 Å². The van der Waals surface area contributed by atoms with Crippen molar-refractivity contribution in [3.63, 3.8) is 0 Å². The Morgan fingerprint density at radius 3 is 2.33 bits per heavy atom. The molecule has 0 bridgehead atoms. The van der Waals surface area contributed by atoms with Crippen LogP contribution in [0, 0.1) is 5.92 Å². The summed E-state index contributed by atoms with van der Waals surface area (Å²) < 4.78 is 0. The van der Waals surface area contributed by atoms with Gasteiger partial charge in [-0.15, -0.1) is 0 Å². The lowest BCUT2D eigenvalue weighted by molar-refractivity contribution is -0.141. The minimum absolute atomic E-state index is 0.179. The summed E-state index contributed by atoms with van der Waals surface area (Å²) in [5, 5.41) is 8.52. The summed E-state index contributed by atoms with van der Waals surface area (Å²) >= 11 is 0. The maximum atomic E-state index is 10.5. The second-order valence-electron chi connectivity index (χ2n) is 3.19. The number of hydrogen-bond donors (Lipinski definition) is 1. The van der Waals surface area contributed by atoms with Crippen molar-refractivity contribution in [3.8, 4) is 0 Å². The number of rotatable bonds is 6. The maximum Gasteiger partial charge on any atom is 0.306 e. The molecule has 0 aromatic heterocycles. The van der Waals surface area contributed by atoms with E-state index in [9.17, 15) is 9.59 Å². The molecule has 0 amide bonds. The average Bonchev–Trinajstić information content (AvgIpc) is 1.97. The maximum absolute atomic E-state index is 10.5.